The standard InChI is InChI=1S/C19H21F3N4O3/c1-2-26(11-16(23)17(25-24)18(27)28)14-7-3-12(4-8-14)13-5-9-15(10-6-13)29-19(20,21)22/h3-10,25H,2,11,23-24H2,1H3,(H,27,28)/b17-16-. The van der Waals surface area contributed by atoms with Gasteiger partial charge < -0.3 is 25.9 Å². The average molecular weight is 410 g/mol. The fraction of sp³-hybridized carbons (Fsp3) is 0.211. The molecule has 0 aromatic heterocycles. The van der Waals surface area contributed by atoms with Crippen molar-refractivity contribution >= 4 is 11.7 Å². The maximum absolute atomic E-state index is 12.2. The fourth-order valence-corrected chi connectivity index (χ4v) is 2.68. The summed E-state index contributed by atoms with van der Waals surface area (Å²) in [4.78, 5) is 13.0. The number of alkyl halides is 3. The number of hydrogen-bond acceptors (Lipinski definition) is 6. The maximum Gasteiger partial charge on any atom is 0.573 e. The van der Waals surface area contributed by atoms with Gasteiger partial charge in [-0.2, -0.15) is 0 Å². The number of anilines is 1. The quantitative estimate of drug-likeness (QED) is 0.301. The van der Waals surface area contributed by atoms with E-state index in [4.69, 9.17) is 16.7 Å². The van der Waals surface area contributed by atoms with Gasteiger partial charge in [-0.15, -0.1) is 13.2 Å². The highest BCUT2D eigenvalue weighted by Crippen LogP contribution is 2.28. The molecule has 0 atom stereocenters. The number of nitrogens with zero attached hydrogens (tertiary/aromatic N) is 1. The van der Waals surface area contributed by atoms with Gasteiger partial charge in [0.1, 0.15) is 5.75 Å². The van der Waals surface area contributed by atoms with E-state index in [-0.39, 0.29) is 23.7 Å². The summed E-state index contributed by atoms with van der Waals surface area (Å²) in [5.74, 6) is 3.65. The highest BCUT2D eigenvalue weighted by Gasteiger charge is 2.30. The molecule has 0 fully saturated rings. The van der Waals surface area contributed by atoms with Crippen molar-refractivity contribution in [2.75, 3.05) is 18.0 Å². The van der Waals surface area contributed by atoms with Crippen molar-refractivity contribution in [1.29, 1.82) is 0 Å². The Labute approximate surface area is 165 Å². The molecule has 0 radical (unpaired) electrons. The fourth-order valence-electron chi connectivity index (χ4n) is 2.68. The molecule has 0 unspecified atom stereocenters. The number of aliphatic carboxylic acids is 1. The number of benzene rings is 2. The SMILES string of the molecule is CCN(C/C(N)=C(/NN)C(=O)O)c1ccc(-c2ccc(OC(F)(F)F)cc2)cc1. The molecule has 2 aromatic rings. The number of ether oxygens (including phenoxy) is 1. The van der Waals surface area contributed by atoms with Crippen molar-refractivity contribution in [3.63, 3.8) is 0 Å². The molecule has 10 heteroatoms. The van der Waals surface area contributed by atoms with Crippen LogP contribution in [0.25, 0.3) is 11.1 Å². The van der Waals surface area contributed by atoms with Gasteiger partial charge in [-0.05, 0) is 42.3 Å². The maximum atomic E-state index is 12.2. The molecular weight excluding hydrogens is 389 g/mol. The first-order valence-corrected chi connectivity index (χ1v) is 8.54. The largest absolute Gasteiger partial charge is 0.573 e. The lowest BCUT2D eigenvalue weighted by Gasteiger charge is -2.24. The number of hydrogen-bond donors (Lipinski definition) is 4. The molecule has 0 saturated carbocycles. The van der Waals surface area contributed by atoms with E-state index < -0.39 is 12.3 Å². The first-order chi connectivity index (χ1) is 13.6. The average Bonchev–Trinajstić information content (AvgIpc) is 2.66. The van der Waals surface area contributed by atoms with E-state index in [1.54, 1.807) is 12.1 Å². The zero-order chi connectivity index (χ0) is 21.6. The van der Waals surface area contributed by atoms with E-state index in [1.807, 2.05) is 24.0 Å². The zero-order valence-electron chi connectivity index (χ0n) is 15.5. The van der Waals surface area contributed by atoms with Crippen LogP contribution < -0.4 is 26.6 Å². The minimum atomic E-state index is -4.73. The van der Waals surface area contributed by atoms with E-state index in [0.717, 1.165) is 11.3 Å². The molecule has 2 aromatic carbocycles. The van der Waals surface area contributed by atoms with Gasteiger partial charge in [0.2, 0.25) is 0 Å². The van der Waals surface area contributed by atoms with Crippen molar-refractivity contribution in [3.05, 3.63) is 59.9 Å². The summed E-state index contributed by atoms with van der Waals surface area (Å²) in [5, 5.41) is 9.07. The van der Waals surface area contributed by atoms with Gasteiger partial charge in [0.25, 0.3) is 0 Å². The Morgan fingerprint density at radius 2 is 1.62 bits per heavy atom. The lowest BCUT2D eigenvalue weighted by atomic mass is 10.0. The summed E-state index contributed by atoms with van der Waals surface area (Å²) in [6, 6.07) is 12.8. The smallest absolute Gasteiger partial charge is 0.476 e. The van der Waals surface area contributed by atoms with Crippen LogP contribution in [0.1, 0.15) is 6.92 Å². The molecule has 156 valence electrons. The molecule has 0 aliphatic heterocycles. The Balaban J connectivity index is 2.17. The summed E-state index contributed by atoms with van der Waals surface area (Å²) >= 11 is 0. The molecule has 2 rings (SSSR count). The van der Waals surface area contributed by atoms with Gasteiger partial charge in [-0.3, -0.25) is 5.84 Å². The Hall–Kier alpha value is -3.40. The Morgan fingerprint density at radius 1 is 1.10 bits per heavy atom. The van der Waals surface area contributed by atoms with Crippen LogP contribution in [0.4, 0.5) is 18.9 Å². The molecule has 0 aliphatic rings. The normalized spacial score (nSPS) is 12.2. The van der Waals surface area contributed by atoms with E-state index in [2.05, 4.69) is 10.2 Å². The predicted molar refractivity (Wildman–Crippen MR) is 103 cm³/mol. The van der Waals surface area contributed by atoms with Crippen LogP contribution in [0, 0.1) is 0 Å². The molecule has 6 N–H and O–H groups in total. The van der Waals surface area contributed by atoms with Gasteiger partial charge in [-0.25, -0.2) is 4.79 Å². The van der Waals surface area contributed by atoms with E-state index in [1.165, 1.54) is 24.3 Å². The van der Waals surface area contributed by atoms with Gasteiger partial charge in [0.15, 0.2) is 5.70 Å². The molecule has 29 heavy (non-hydrogen) atoms. The lowest BCUT2D eigenvalue weighted by molar-refractivity contribution is -0.274. The topological polar surface area (TPSA) is 114 Å². The summed E-state index contributed by atoms with van der Waals surface area (Å²) in [7, 11) is 0. The van der Waals surface area contributed by atoms with Crippen LogP contribution in [0.15, 0.2) is 59.9 Å². The second-order valence-electron chi connectivity index (χ2n) is 5.98. The summed E-state index contributed by atoms with van der Waals surface area (Å²) in [6.45, 7) is 2.59. The van der Waals surface area contributed by atoms with Crippen LogP contribution >= 0.6 is 0 Å². The molecule has 0 bridgehead atoms. The summed E-state index contributed by atoms with van der Waals surface area (Å²) in [5.41, 5.74) is 10.0. The third kappa shape index (κ3) is 6.04. The number of rotatable bonds is 8. The molecule has 0 saturated heterocycles. The monoisotopic (exact) mass is 410 g/mol. The number of nitrogens with one attached hydrogen (secondary N) is 1. The van der Waals surface area contributed by atoms with Crippen LogP contribution in [0.5, 0.6) is 5.75 Å². The zero-order valence-corrected chi connectivity index (χ0v) is 15.5. The predicted octanol–water partition coefficient (Wildman–Crippen LogP) is 2.80. The number of carbonyl (C=O) groups is 1. The number of hydrazine groups is 1. The highest BCUT2D eigenvalue weighted by atomic mass is 19.4. The first-order valence-electron chi connectivity index (χ1n) is 8.54. The van der Waals surface area contributed by atoms with Crippen molar-refractivity contribution in [1.82, 2.24) is 5.43 Å². The minimum Gasteiger partial charge on any atom is -0.476 e. The second kappa shape index (κ2) is 9.20. The molecule has 0 spiro atoms. The Bertz CT molecular complexity index is 866. The van der Waals surface area contributed by atoms with Crippen molar-refractivity contribution in [3.8, 4) is 16.9 Å². The van der Waals surface area contributed by atoms with Crippen molar-refractivity contribution < 1.29 is 27.8 Å². The Kier molecular flexibility index (Phi) is 6.94. The Morgan fingerprint density at radius 3 is 2.03 bits per heavy atom. The van der Waals surface area contributed by atoms with Crippen molar-refractivity contribution in [2.45, 2.75) is 13.3 Å². The second-order valence-corrected chi connectivity index (χ2v) is 5.98. The highest BCUT2D eigenvalue weighted by molar-refractivity contribution is 5.86. The lowest BCUT2D eigenvalue weighted by Crippen LogP contribution is -2.35. The number of carboxylic acids is 1. The van der Waals surface area contributed by atoms with Crippen LogP contribution in [0.2, 0.25) is 0 Å². The summed E-state index contributed by atoms with van der Waals surface area (Å²) < 4.78 is 40.6. The number of carboxylic acid groups (broad SMARTS) is 1. The van der Waals surface area contributed by atoms with Gasteiger partial charge in [-0.1, -0.05) is 24.3 Å². The van der Waals surface area contributed by atoms with E-state index in [0.29, 0.717) is 12.1 Å². The molecule has 7 nitrogen and oxygen atoms in total. The molecule has 0 heterocycles. The number of nitrogens with two attached hydrogens (primary N) is 2. The van der Waals surface area contributed by atoms with E-state index in [9.17, 15) is 18.0 Å². The van der Waals surface area contributed by atoms with Crippen molar-refractivity contribution in [2.24, 2.45) is 11.6 Å². The van der Waals surface area contributed by atoms with Gasteiger partial charge >= 0.3 is 12.3 Å². The van der Waals surface area contributed by atoms with Gasteiger partial charge in [0.05, 0.1) is 12.2 Å². The van der Waals surface area contributed by atoms with Crippen LogP contribution in [-0.2, 0) is 4.79 Å². The number of halogens is 3. The molecule has 0 aliphatic carbocycles. The third-order valence-corrected chi connectivity index (χ3v) is 4.08. The van der Waals surface area contributed by atoms with Crippen LogP contribution in [-0.4, -0.2) is 30.5 Å². The third-order valence-electron chi connectivity index (χ3n) is 4.08. The van der Waals surface area contributed by atoms with Crippen LogP contribution in [0.3, 0.4) is 0 Å². The molecular formula is C19H21F3N4O3. The molecule has 0 amide bonds. The minimum absolute atomic E-state index is 0.0752. The first kappa shape index (κ1) is 21.9. The number of likely N-dealkylation sites (N-methyl/N-ethyl adjacent to an activating group) is 1. The van der Waals surface area contributed by atoms with E-state index >= 15 is 0 Å². The van der Waals surface area contributed by atoms with Gasteiger partial charge in [0, 0.05) is 12.2 Å². The summed E-state index contributed by atoms with van der Waals surface area (Å²) in [6.07, 6.45) is -4.73.